The van der Waals surface area contributed by atoms with E-state index in [0.29, 0.717) is 39.4 Å². The first-order valence-corrected chi connectivity index (χ1v) is 13.1. The first-order chi connectivity index (χ1) is 17.5. The van der Waals surface area contributed by atoms with Gasteiger partial charge in [-0.05, 0) is 62.7 Å². The zero-order valence-corrected chi connectivity index (χ0v) is 21.7. The Kier molecular flexibility index (Phi) is 7.60. The quantitative estimate of drug-likeness (QED) is 0.443. The highest BCUT2D eigenvalue weighted by molar-refractivity contribution is 6.39. The number of aryl methyl sites for hydroxylation is 1. The van der Waals surface area contributed by atoms with Crippen LogP contribution in [0, 0.1) is 0 Å². The minimum absolute atomic E-state index is 0.0372. The topological polar surface area (TPSA) is 72.3 Å². The lowest BCUT2D eigenvalue weighted by Crippen LogP contribution is -2.32. The third-order valence-electron chi connectivity index (χ3n) is 6.69. The molecule has 1 aliphatic heterocycles. The molecule has 1 aliphatic carbocycles. The number of ether oxygens (including phenoxy) is 1. The molecule has 1 unspecified atom stereocenters. The van der Waals surface area contributed by atoms with E-state index in [4.69, 9.17) is 27.9 Å². The molecule has 0 saturated carbocycles. The van der Waals surface area contributed by atoms with Crippen molar-refractivity contribution in [1.29, 1.82) is 0 Å². The lowest BCUT2D eigenvalue weighted by atomic mass is 10.1. The minimum atomic E-state index is -0.228. The van der Waals surface area contributed by atoms with Crippen LogP contribution >= 0.6 is 23.2 Å². The van der Waals surface area contributed by atoms with Crippen molar-refractivity contribution in [2.75, 3.05) is 31.6 Å². The van der Waals surface area contributed by atoms with Crippen LogP contribution in [0.4, 0.5) is 5.95 Å². The van der Waals surface area contributed by atoms with Crippen LogP contribution in [0.3, 0.4) is 0 Å². The Balaban J connectivity index is 1.26. The van der Waals surface area contributed by atoms with Crippen LogP contribution in [-0.4, -0.2) is 51.7 Å². The number of likely N-dealkylation sites (tertiary alicyclic amines) is 1. The Morgan fingerprint density at radius 3 is 2.67 bits per heavy atom. The van der Waals surface area contributed by atoms with Crippen molar-refractivity contribution in [3.63, 3.8) is 0 Å². The summed E-state index contributed by atoms with van der Waals surface area (Å²) < 4.78 is 7.45. The van der Waals surface area contributed by atoms with Gasteiger partial charge < -0.3 is 10.1 Å². The summed E-state index contributed by atoms with van der Waals surface area (Å²) >= 11 is 12.7. The van der Waals surface area contributed by atoms with E-state index in [0.717, 1.165) is 24.1 Å². The molecule has 1 aromatic carbocycles. The molecule has 0 spiro atoms. The summed E-state index contributed by atoms with van der Waals surface area (Å²) in [5.41, 5.74) is 1.23. The standard InChI is InChI=1S/C27H29Cl2N5O2/c1-33-25-18(16-21(26(33)35)24-22(28)6-5-7-23(24)29)17-30-27(32-25)31-19-8-10-20(11-9-19)36-15-14-34-12-3-2-4-13-34/h5-8,10-11,16-17,19H,2-4,9,12-15H2,1H3,(H,30,31,32). The molecule has 7 nitrogen and oxygen atoms in total. The summed E-state index contributed by atoms with van der Waals surface area (Å²) in [7, 11) is 1.69. The average Bonchev–Trinajstić information content (AvgIpc) is 2.89. The Labute approximate surface area is 220 Å². The molecule has 0 radical (unpaired) electrons. The zero-order valence-electron chi connectivity index (χ0n) is 20.2. The number of rotatable bonds is 7. The van der Waals surface area contributed by atoms with Crippen LogP contribution in [0.5, 0.6) is 0 Å². The Morgan fingerprint density at radius 2 is 1.94 bits per heavy atom. The van der Waals surface area contributed by atoms with Gasteiger partial charge in [-0.3, -0.25) is 14.3 Å². The molecule has 188 valence electrons. The van der Waals surface area contributed by atoms with E-state index in [1.54, 1.807) is 37.5 Å². The summed E-state index contributed by atoms with van der Waals surface area (Å²) in [6.07, 6.45) is 12.5. The average molecular weight is 526 g/mol. The maximum Gasteiger partial charge on any atom is 0.259 e. The number of halogens is 2. The van der Waals surface area contributed by atoms with Crippen molar-refractivity contribution in [2.24, 2.45) is 7.05 Å². The van der Waals surface area contributed by atoms with Gasteiger partial charge in [-0.15, -0.1) is 0 Å². The number of hydrogen-bond acceptors (Lipinski definition) is 6. The van der Waals surface area contributed by atoms with Crippen molar-refractivity contribution >= 4 is 40.2 Å². The highest BCUT2D eigenvalue weighted by atomic mass is 35.5. The fourth-order valence-corrected chi connectivity index (χ4v) is 5.31. The molecule has 1 fully saturated rings. The van der Waals surface area contributed by atoms with E-state index in [1.165, 1.54) is 36.9 Å². The first kappa shape index (κ1) is 24.8. The summed E-state index contributed by atoms with van der Waals surface area (Å²) in [6, 6.07) is 6.96. The number of aromatic nitrogens is 3. The molecule has 1 saturated heterocycles. The van der Waals surface area contributed by atoms with E-state index in [2.05, 4.69) is 32.3 Å². The van der Waals surface area contributed by atoms with Gasteiger partial charge in [0.2, 0.25) is 5.95 Å². The summed E-state index contributed by atoms with van der Waals surface area (Å²) in [5, 5.41) is 4.90. The predicted octanol–water partition coefficient (Wildman–Crippen LogP) is 5.43. The Hall–Kier alpha value is -2.87. The fourth-order valence-electron chi connectivity index (χ4n) is 4.71. The monoisotopic (exact) mass is 525 g/mol. The molecule has 9 heteroatoms. The lowest BCUT2D eigenvalue weighted by molar-refractivity contribution is 0.147. The second kappa shape index (κ2) is 11.0. The van der Waals surface area contributed by atoms with Crippen LogP contribution in [-0.2, 0) is 11.8 Å². The lowest BCUT2D eigenvalue weighted by Gasteiger charge is -2.26. The molecule has 3 heterocycles. The summed E-state index contributed by atoms with van der Waals surface area (Å²) in [4.78, 5) is 24.7. The number of pyridine rings is 1. The summed E-state index contributed by atoms with van der Waals surface area (Å²) in [6.45, 7) is 4.03. The van der Waals surface area contributed by atoms with Crippen molar-refractivity contribution in [3.8, 4) is 11.1 Å². The van der Waals surface area contributed by atoms with Crippen molar-refractivity contribution < 1.29 is 4.74 Å². The van der Waals surface area contributed by atoms with Gasteiger partial charge in [-0.1, -0.05) is 41.8 Å². The molecule has 2 aliphatic rings. The molecule has 1 atom stereocenters. The van der Waals surface area contributed by atoms with Gasteiger partial charge in [0.1, 0.15) is 18.0 Å². The molecule has 0 bridgehead atoms. The third-order valence-corrected chi connectivity index (χ3v) is 7.32. The van der Waals surface area contributed by atoms with Gasteiger partial charge in [0.05, 0.1) is 21.7 Å². The van der Waals surface area contributed by atoms with Crippen molar-refractivity contribution in [3.05, 3.63) is 74.8 Å². The second-order valence-corrected chi connectivity index (χ2v) is 10.0. The fraction of sp³-hybridized carbons (Fsp3) is 0.370. The molecule has 3 aromatic rings. The number of allylic oxidation sites excluding steroid dienone is 1. The Bertz CT molecular complexity index is 1360. The van der Waals surface area contributed by atoms with Gasteiger partial charge in [-0.2, -0.15) is 4.98 Å². The largest absolute Gasteiger partial charge is 0.493 e. The van der Waals surface area contributed by atoms with Gasteiger partial charge in [-0.25, -0.2) is 4.98 Å². The maximum atomic E-state index is 13.1. The van der Waals surface area contributed by atoms with Crippen LogP contribution in [0.15, 0.2) is 59.2 Å². The zero-order chi connectivity index (χ0) is 25.1. The SMILES string of the molecule is Cn1c(=O)c(-c2c(Cl)cccc2Cl)cc2cnc(NC3C=CC(OCCN4CCCCC4)=CC3)nc21. The van der Waals surface area contributed by atoms with Crippen molar-refractivity contribution in [2.45, 2.75) is 31.7 Å². The third kappa shape index (κ3) is 5.43. The Morgan fingerprint density at radius 1 is 1.17 bits per heavy atom. The molecule has 1 N–H and O–H groups in total. The van der Waals surface area contributed by atoms with Crippen molar-refractivity contribution in [1.82, 2.24) is 19.4 Å². The first-order valence-electron chi connectivity index (χ1n) is 12.3. The van der Waals surface area contributed by atoms with Crippen LogP contribution in [0.2, 0.25) is 10.0 Å². The van der Waals surface area contributed by atoms with Gasteiger partial charge in [0, 0.05) is 30.7 Å². The summed E-state index contributed by atoms with van der Waals surface area (Å²) in [5.74, 6) is 1.36. The van der Waals surface area contributed by atoms with Gasteiger partial charge in [0.25, 0.3) is 5.56 Å². The van der Waals surface area contributed by atoms with E-state index in [9.17, 15) is 4.79 Å². The number of anilines is 1. The number of hydrogen-bond donors (Lipinski definition) is 1. The van der Waals surface area contributed by atoms with E-state index < -0.39 is 0 Å². The van der Waals surface area contributed by atoms with Gasteiger partial charge in [0.15, 0.2) is 0 Å². The molecule has 36 heavy (non-hydrogen) atoms. The number of nitrogens with one attached hydrogen (secondary N) is 1. The molecule has 0 amide bonds. The molecule has 2 aromatic heterocycles. The van der Waals surface area contributed by atoms with Crippen LogP contribution in [0.25, 0.3) is 22.2 Å². The number of fused-ring (bicyclic) bond motifs is 1. The highest BCUT2D eigenvalue weighted by Gasteiger charge is 2.17. The number of benzene rings is 1. The maximum absolute atomic E-state index is 13.1. The predicted molar refractivity (Wildman–Crippen MR) is 146 cm³/mol. The number of piperidine rings is 1. The van der Waals surface area contributed by atoms with E-state index >= 15 is 0 Å². The molecular formula is C27H29Cl2N5O2. The molecule has 5 rings (SSSR count). The highest BCUT2D eigenvalue weighted by Crippen LogP contribution is 2.33. The molecular weight excluding hydrogens is 497 g/mol. The van der Waals surface area contributed by atoms with Crippen LogP contribution < -0.4 is 10.9 Å². The number of nitrogens with zero attached hydrogens (tertiary/aromatic N) is 4. The van der Waals surface area contributed by atoms with Gasteiger partial charge >= 0.3 is 0 Å². The smallest absolute Gasteiger partial charge is 0.259 e. The second-order valence-electron chi connectivity index (χ2n) is 9.19. The minimum Gasteiger partial charge on any atom is -0.493 e. The normalized spacial score (nSPS) is 18.3. The van der Waals surface area contributed by atoms with Crippen LogP contribution in [0.1, 0.15) is 25.7 Å². The van der Waals surface area contributed by atoms with E-state index in [-0.39, 0.29) is 11.6 Å². The van der Waals surface area contributed by atoms with E-state index in [1.807, 2.05) is 6.08 Å².